The predicted molar refractivity (Wildman–Crippen MR) is 82.9 cm³/mol. The van der Waals surface area contributed by atoms with E-state index >= 15 is 0 Å². The van der Waals surface area contributed by atoms with Crippen LogP contribution in [0.3, 0.4) is 0 Å². The van der Waals surface area contributed by atoms with Gasteiger partial charge in [0.05, 0.1) is 12.2 Å². The van der Waals surface area contributed by atoms with Crippen molar-refractivity contribution in [1.82, 2.24) is 4.90 Å². The number of carbonyl (C=O) groups is 2. The SMILES string of the molecule is CCOCC1CCN(C(=O)CCc2ccc(C(=O)O)cc2)C1. The smallest absolute Gasteiger partial charge is 0.335 e. The summed E-state index contributed by atoms with van der Waals surface area (Å²) >= 11 is 0. The number of hydrogen-bond acceptors (Lipinski definition) is 3. The van der Waals surface area contributed by atoms with Gasteiger partial charge in [-0.25, -0.2) is 4.79 Å². The van der Waals surface area contributed by atoms with E-state index in [0.717, 1.165) is 38.3 Å². The second-order valence-electron chi connectivity index (χ2n) is 5.66. The zero-order chi connectivity index (χ0) is 15.9. The Bertz CT molecular complexity index is 512. The summed E-state index contributed by atoms with van der Waals surface area (Å²) in [5, 5.41) is 8.85. The molecule has 120 valence electrons. The summed E-state index contributed by atoms with van der Waals surface area (Å²) in [5.41, 5.74) is 1.26. The van der Waals surface area contributed by atoms with E-state index in [1.807, 2.05) is 11.8 Å². The first-order valence-corrected chi connectivity index (χ1v) is 7.78. The highest BCUT2D eigenvalue weighted by molar-refractivity contribution is 5.87. The lowest BCUT2D eigenvalue weighted by molar-refractivity contribution is -0.130. The van der Waals surface area contributed by atoms with Gasteiger partial charge in [-0.3, -0.25) is 4.79 Å². The Kier molecular flexibility index (Phi) is 5.95. The van der Waals surface area contributed by atoms with Gasteiger partial charge in [0.15, 0.2) is 0 Å². The fourth-order valence-electron chi connectivity index (χ4n) is 2.70. The number of rotatable bonds is 7. The largest absolute Gasteiger partial charge is 0.478 e. The molecular formula is C17H23NO4. The summed E-state index contributed by atoms with van der Waals surface area (Å²) in [6.45, 7) is 5.03. The molecule has 1 aliphatic rings. The molecule has 0 saturated carbocycles. The molecule has 1 amide bonds. The van der Waals surface area contributed by atoms with E-state index in [1.54, 1.807) is 24.3 Å². The number of aryl methyl sites for hydroxylation is 1. The monoisotopic (exact) mass is 305 g/mol. The summed E-state index contributed by atoms with van der Waals surface area (Å²) in [6.07, 6.45) is 2.12. The van der Waals surface area contributed by atoms with E-state index < -0.39 is 5.97 Å². The van der Waals surface area contributed by atoms with Crippen LogP contribution in [0.1, 0.15) is 35.7 Å². The zero-order valence-electron chi connectivity index (χ0n) is 13.0. The molecule has 1 atom stereocenters. The van der Waals surface area contributed by atoms with E-state index in [2.05, 4.69) is 0 Å². The van der Waals surface area contributed by atoms with Crippen molar-refractivity contribution < 1.29 is 19.4 Å². The molecular weight excluding hydrogens is 282 g/mol. The minimum Gasteiger partial charge on any atom is -0.478 e. The first-order chi connectivity index (χ1) is 10.6. The predicted octanol–water partition coefficient (Wildman–Crippen LogP) is 2.20. The molecule has 1 aromatic rings. The van der Waals surface area contributed by atoms with Crippen LogP contribution in [-0.4, -0.2) is 48.2 Å². The first-order valence-electron chi connectivity index (χ1n) is 7.78. The topological polar surface area (TPSA) is 66.8 Å². The Balaban J connectivity index is 1.77. The summed E-state index contributed by atoms with van der Waals surface area (Å²) in [6, 6.07) is 6.71. The lowest BCUT2D eigenvalue weighted by Gasteiger charge is -2.16. The maximum atomic E-state index is 12.2. The van der Waals surface area contributed by atoms with Crippen molar-refractivity contribution in [2.24, 2.45) is 5.92 Å². The number of ether oxygens (including phenoxy) is 1. The molecule has 1 unspecified atom stereocenters. The molecule has 1 heterocycles. The van der Waals surface area contributed by atoms with Gasteiger partial charge in [-0.2, -0.15) is 0 Å². The highest BCUT2D eigenvalue weighted by atomic mass is 16.5. The highest BCUT2D eigenvalue weighted by Crippen LogP contribution is 2.18. The molecule has 0 aromatic heterocycles. The van der Waals surface area contributed by atoms with E-state index in [1.165, 1.54) is 0 Å². The van der Waals surface area contributed by atoms with Crippen molar-refractivity contribution in [3.8, 4) is 0 Å². The van der Waals surface area contributed by atoms with Gasteiger partial charge in [0, 0.05) is 32.0 Å². The summed E-state index contributed by atoms with van der Waals surface area (Å²) < 4.78 is 5.42. The number of amides is 1. The van der Waals surface area contributed by atoms with Gasteiger partial charge >= 0.3 is 5.97 Å². The summed E-state index contributed by atoms with van der Waals surface area (Å²) in [7, 11) is 0. The Morgan fingerprint density at radius 1 is 1.32 bits per heavy atom. The van der Waals surface area contributed by atoms with Crippen LogP contribution in [0, 0.1) is 5.92 Å². The highest BCUT2D eigenvalue weighted by Gasteiger charge is 2.25. The standard InChI is InChI=1S/C17H23NO4/c1-2-22-12-14-9-10-18(11-14)16(19)8-5-13-3-6-15(7-4-13)17(20)21/h3-4,6-7,14H,2,5,8-12H2,1H3,(H,20,21). The van der Waals surface area contributed by atoms with Crippen LogP contribution in [0.15, 0.2) is 24.3 Å². The van der Waals surface area contributed by atoms with E-state index in [0.29, 0.717) is 18.8 Å². The molecule has 0 spiro atoms. The molecule has 0 bridgehead atoms. The molecule has 0 radical (unpaired) electrons. The fraction of sp³-hybridized carbons (Fsp3) is 0.529. The van der Waals surface area contributed by atoms with Crippen LogP contribution in [0.5, 0.6) is 0 Å². The van der Waals surface area contributed by atoms with Gasteiger partial charge in [0.25, 0.3) is 0 Å². The Labute approximate surface area is 130 Å². The maximum absolute atomic E-state index is 12.2. The molecule has 5 heteroatoms. The molecule has 0 aliphatic carbocycles. The van der Waals surface area contributed by atoms with Crippen LogP contribution in [0.4, 0.5) is 0 Å². The van der Waals surface area contributed by atoms with Gasteiger partial charge in [0.2, 0.25) is 5.91 Å². The van der Waals surface area contributed by atoms with Crippen molar-refractivity contribution in [1.29, 1.82) is 0 Å². The lowest BCUT2D eigenvalue weighted by Crippen LogP contribution is -2.29. The molecule has 1 fully saturated rings. The molecule has 5 nitrogen and oxygen atoms in total. The summed E-state index contributed by atoms with van der Waals surface area (Å²) in [5.74, 6) is -0.305. The van der Waals surface area contributed by atoms with Crippen LogP contribution < -0.4 is 0 Å². The zero-order valence-corrected chi connectivity index (χ0v) is 13.0. The minimum absolute atomic E-state index is 0.168. The number of benzene rings is 1. The Morgan fingerprint density at radius 2 is 2.05 bits per heavy atom. The second kappa shape index (κ2) is 7.94. The van der Waals surface area contributed by atoms with Crippen molar-refractivity contribution in [2.45, 2.75) is 26.2 Å². The first kappa shape index (κ1) is 16.5. The maximum Gasteiger partial charge on any atom is 0.335 e. The third kappa shape index (κ3) is 4.56. The van der Waals surface area contributed by atoms with Gasteiger partial charge in [0.1, 0.15) is 0 Å². The Hall–Kier alpha value is -1.88. The Morgan fingerprint density at radius 3 is 2.68 bits per heavy atom. The van der Waals surface area contributed by atoms with Crippen LogP contribution >= 0.6 is 0 Å². The fourth-order valence-corrected chi connectivity index (χ4v) is 2.70. The molecule has 1 N–H and O–H groups in total. The number of aromatic carboxylic acids is 1. The van der Waals surface area contributed by atoms with Crippen molar-refractivity contribution in [2.75, 3.05) is 26.3 Å². The number of nitrogens with zero attached hydrogens (tertiary/aromatic N) is 1. The van der Waals surface area contributed by atoms with Crippen molar-refractivity contribution in [3.63, 3.8) is 0 Å². The minimum atomic E-state index is -0.931. The van der Waals surface area contributed by atoms with Crippen molar-refractivity contribution >= 4 is 11.9 Å². The van der Waals surface area contributed by atoms with Gasteiger partial charge < -0.3 is 14.7 Å². The average Bonchev–Trinajstić information content (AvgIpc) is 3.00. The molecule has 1 aromatic carbocycles. The van der Waals surface area contributed by atoms with Crippen molar-refractivity contribution in [3.05, 3.63) is 35.4 Å². The molecule has 1 saturated heterocycles. The van der Waals surface area contributed by atoms with Gasteiger partial charge in [-0.1, -0.05) is 12.1 Å². The molecule has 2 rings (SSSR count). The van der Waals surface area contributed by atoms with Gasteiger partial charge in [-0.05, 0) is 37.5 Å². The number of carboxylic acid groups (broad SMARTS) is 1. The second-order valence-corrected chi connectivity index (χ2v) is 5.66. The average molecular weight is 305 g/mol. The van der Waals surface area contributed by atoms with Gasteiger partial charge in [-0.15, -0.1) is 0 Å². The number of likely N-dealkylation sites (tertiary alicyclic amines) is 1. The number of carboxylic acids is 1. The van der Waals surface area contributed by atoms with E-state index in [-0.39, 0.29) is 11.5 Å². The third-order valence-electron chi connectivity index (χ3n) is 4.02. The molecule has 1 aliphatic heterocycles. The summed E-state index contributed by atoms with van der Waals surface area (Å²) in [4.78, 5) is 24.9. The quantitative estimate of drug-likeness (QED) is 0.838. The van der Waals surface area contributed by atoms with E-state index in [9.17, 15) is 9.59 Å². The normalized spacial score (nSPS) is 17.7. The van der Waals surface area contributed by atoms with E-state index in [4.69, 9.17) is 9.84 Å². The number of hydrogen-bond donors (Lipinski definition) is 1. The third-order valence-corrected chi connectivity index (χ3v) is 4.02. The number of carbonyl (C=O) groups excluding carboxylic acids is 1. The van der Waals surface area contributed by atoms with Crippen LogP contribution in [0.25, 0.3) is 0 Å². The van der Waals surface area contributed by atoms with Crippen LogP contribution in [-0.2, 0) is 16.0 Å². The van der Waals surface area contributed by atoms with Crippen LogP contribution in [0.2, 0.25) is 0 Å². The lowest BCUT2D eigenvalue weighted by atomic mass is 10.1. The molecule has 22 heavy (non-hydrogen) atoms.